The highest BCUT2D eigenvalue weighted by molar-refractivity contribution is 5.84. The Hall–Kier alpha value is -2.36. The van der Waals surface area contributed by atoms with E-state index in [1.54, 1.807) is 18.2 Å². The average molecular weight is 258 g/mol. The van der Waals surface area contributed by atoms with Crippen LogP contribution >= 0.6 is 0 Å². The summed E-state index contributed by atoms with van der Waals surface area (Å²) in [6, 6.07) is 12.7. The van der Waals surface area contributed by atoms with Crippen LogP contribution in [0.3, 0.4) is 0 Å². The smallest absolute Gasteiger partial charge is 0.244 e. The van der Waals surface area contributed by atoms with E-state index in [1.807, 2.05) is 31.2 Å². The third kappa shape index (κ3) is 3.10. The molecule has 1 amide bonds. The molecule has 3 nitrogen and oxygen atoms in total. The summed E-state index contributed by atoms with van der Waals surface area (Å²) in [5.41, 5.74) is 7.37. The number of nitrogens with two attached hydrogens (primary N) is 1. The molecule has 0 heterocycles. The molecule has 0 aliphatic rings. The number of rotatable bonds is 4. The Kier molecular flexibility index (Phi) is 3.80. The van der Waals surface area contributed by atoms with Crippen LogP contribution in [0.25, 0.3) is 0 Å². The van der Waals surface area contributed by atoms with Gasteiger partial charge in [0, 0.05) is 11.3 Å². The van der Waals surface area contributed by atoms with Crippen molar-refractivity contribution in [1.82, 2.24) is 0 Å². The van der Waals surface area contributed by atoms with Gasteiger partial charge in [0.1, 0.15) is 11.9 Å². The van der Waals surface area contributed by atoms with Crippen molar-refractivity contribution in [2.45, 2.75) is 13.0 Å². The van der Waals surface area contributed by atoms with Crippen LogP contribution in [0.2, 0.25) is 0 Å². The van der Waals surface area contributed by atoms with E-state index in [1.165, 1.54) is 6.07 Å². The van der Waals surface area contributed by atoms with Gasteiger partial charge in [0.05, 0.1) is 0 Å². The second kappa shape index (κ2) is 5.52. The Bertz CT molecular complexity index is 598. The molecule has 19 heavy (non-hydrogen) atoms. The molecule has 0 fully saturated rings. The number of anilines is 1. The molecule has 2 aromatic carbocycles. The van der Waals surface area contributed by atoms with Crippen molar-refractivity contribution in [2.24, 2.45) is 5.73 Å². The monoisotopic (exact) mass is 258 g/mol. The molecule has 98 valence electrons. The summed E-state index contributed by atoms with van der Waals surface area (Å²) < 4.78 is 13.7. The summed E-state index contributed by atoms with van der Waals surface area (Å²) in [5, 5.41) is 2.96. The largest absolute Gasteiger partial charge is 0.370 e. The van der Waals surface area contributed by atoms with Crippen LogP contribution in [0, 0.1) is 12.7 Å². The number of hydrogen-bond donors (Lipinski definition) is 2. The van der Waals surface area contributed by atoms with Crippen molar-refractivity contribution in [3.63, 3.8) is 0 Å². The molecular weight excluding hydrogens is 243 g/mol. The standard InChI is InChI=1S/C15H15FN2O/c1-10-5-4-6-11(9-10)18-14(15(17)19)12-7-2-3-8-13(12)16/h2-9,14,18H,1H3,(H2,17,19). The highest BCUT2D eigenvalue weighted by atomic mass is 19.1. The zero-order chi connectivity index (χ0) is 13.8. The molecule has 1 unspecified atom stereocenters. The minimum Gasteiger partial charge on any atom is -0.370 e. The molecule has 0 radical (unpaired) electrons. The Morgan fingerprint density at radius 2 is 1.95 bits per heavy atom. The van der Waals surface area contributed by atoms with Gasteiger partial charge in [-0.1, -0.05) is 30.3 Å². The fraction of sp³-hybridized carbons (Fsp3) is 0.133. The second-order valence-electron chi connectivity index (χ2n) is 4.37. The fourth-order valence-corrected chi connectivity index (χ4v) is 1.91. The number of hydrogen-bond acceptors (Lipinski definition) is 2. The molecule has 0 saturated heterocycles. The molecule has 2 rings (SSSR count). The highest BCUT2D eigenvalue weighted by Crippen LogP contribution is 2.22. The Labute approximate surface area is 111 Å². The van der Waals surface area contributed by atoms with E-state index in [4.69, 9.17) is 5.73 Å². The summed E-state index contributed by atoms with van der Waals surface area (Å²) in [6.07, 6.45) is 0. The van der Waals surface area contributed by atoms with Crippen molar-refractivity contribution in [1.29, 1.82) is 0 Å². The lowest BCUT2D eigenvalue weighted by atomic mass is 10.0. The van der Waals surface area contributed by atoms with Crippen LogP contribution in [-0.2, 0) is 4.79 Å². The van der Waals surface area contributed by atoms with Gasteiger partial charge in [-0.2, -0.15) is 0 Å². The number of aryl methyl sites for hydroxylation is 1. The van der Waals surface area contributed by atoms with E-state index >= 15 is 0 Å². The van der Waals surface area contributed by atoms with Gasteiger partial charge in [-0.25, -0.2) is 4.39 Å². The van der Waals surface area contributed by atoms with E-state index in [-0.39, 0.29) is 5.56 Å². The van der Waals surface area contributed by atoms with Crippen LogP contribution in [0.15, 0.2) is 48.5 Å². The maximum Gasteiger partial charge on any atom is 0.244 e. The van der Waals surface area contributed by atoms with Crippen LogP contribution in [0.1, 0.15) is 17.2 Å². The Balaban J connectivity index is 2.32. The van der Waals surface area contributed by atoms with E-state index in [2.05, 4.69) is 5.32 Å². The lowest BCUT2D eigenvalue weighted by Gasteiger charge is -2.18. The molecular formula is C15H15FN2O. The van der Waals surface area contributed by atoms with Crippen LogP contribution in [0.5, 0.6) is 0 Å². The normalized spacial score (nSPS) is 11.9. The van der Waals surface area contributed by atoms with E-state index in [9.17, 15) is 9.18 Å². The maximum atomic E-state index is 13.7. The first kappa shape index (κ1) is 13.1. The minimum absolute atomic E-state index is 0.247. The van der Waals surface area contributed by atoms with Crippen LogP contribution in [-0.4, -0.2) is 5.91 Å². The topological polar surface area (TPSA) is 55.1 Å². The number of carbonyl (C=O) groups excluding carboxylic acids is 1. The SMILES string of the molecule is Cc1cccc(NC(C(N)=O)c2ccccc2F)c1. The molecule has 0 aliphatic heterocycles. The molecule has 1 atom stereocenters. The van der Waals surface area contributed by atoms with E-state index in [0.717, 1.165) is 11.3 Å². The number of benzene rings is 2. The summed E-state index contributed by atoms with van der Waals surface area (Å²) in [7, 11) is 0. The minimum atomic E-state index is -0.886. The van der Waals surface area contributed by atoms with Crippen molar-refractivity contribution in [2.75, 3.05) is 5.32 Å². The molecule has 2 aromatic rings. The highest BCUT2D eigenvalue weighted by Gasteiger charge is 2.20. The van der Waals surface area contributed by atoms with Gasteiger partial charge in [0.15, 0.2) is 0 Å². The second-order valence-corrected chi connectivity index (χ2v) is 4.37. The lowest BCUT2D eigenvalue weighted by Crippen LogP contribution is -2.28. The number of halogens is 1. The van der Waals surface area contributed by atoms with Crippen molar-refractivity contribution in [3.05, 3.63) is 65.5 Å². The fourth-order valence-electron chi connectivity index (χ4n) is 1.91. The van der Waals surface area contributed by atoms with E-state index < -0.39 is 17.8 Å². The van der Waals surface area contributed by atoms with Crippen molar-refractivity contribution < 1.29 is 9.18 Å². The van der Waals surface area contributed by atoms with Gasteiger partial charge in [0.2, 0.25) is 5.91 Å². The van der Waals surface area contributed by atoms with Gasteiger partial charge in [-0.05, 0) is 30.7 Å². The van der Waals surface area contributed by atoms with Gasteiger partial charge in [0.25, 0.3) is 0 Å². The summed E-state index contributed by atoms with van der Waals surface area (Å²) >= 11 is 0. The molecule has 0 aliphatic carbocycles. The first-order chi connectivity index (χ1) is 9.08. The van der Waals surface area contributed by atoms with Crippen molar-refractivity contribution in [3.8, 4) is 0 Å². The quantitative estimate of drug-likeness (QED) is 0.886. The molecule has 3 N–H and O–H groups in total. The number of nitrogens with one attached hydrogen (secondary N) is 1. The third-order valence-corrected chi connectivity index (χ3v) is 2.83. The zero-order valence-electron chi connectivity index (χ0n) is 10.6. The average Bonchev–Trinajstić information content (AvgIpc) is 2.37. The van der Waals surface area contributed by atoms with Crippen LogP contribution in [0.4, 0.5) is 10.1 Å². The predicted octanol–water partition coefficient (Wildman–Crippen LogP) is 2.77. The maximum absolute atomic E-state index is 13.7. The van der Waals surface area contributed by atoms with Crippen LogP contribution < -0.4 is 11.1 Å². The molecule has 0 saturated carbocycles. The Morgan fingerprint density at radius 1 is 1.21 bits per heavy atom. The van der Waals surface area contributed by atoms with Gasteiger partial charge in [-0.15, -0.1) is 0 Å². The molecule has 0 aromatic heterocycles. The van der Waals surface area contributed by atoms with Gasteiger partial charge in [-0.3, -0.25) is 4.79 Å². The molecule has 4 heteroatoms. The summed E-state index contributed by atoms with van der Waals surface area (Å²) in [5.74, 6) is -1.07. The zero-order valence-corrected chi connectivity index (χ0v) is 10.6. The van der Waals surface area contributed by atoms with E-state index in [0.29, 0.717) is 0 Å². The number of amides is 1. The first-order valence-corrected chi connectivity index (χ1v) is 5.95. The van der Waals surface area contributed by atoms with Gasteiger partial charge >= 0.3 is 0 Å². The molecule has 0 bridgehead atoms. The number of carbonyl (C=O) groups is 1. The first-order valence-electron chi connectivity index (χ1n) is 5.95. The van der Waals surface area contributed by atoms with Crippen molar-refractivity contribution >= 4 is 11.6 Å². The van der Waals surface area contributed by atoms with Gasteiger partial charge < -0.3 is 11.1 Å². The number of primary amides is 1. The lowest BCUT2D eigenvalue weighted by molar-refractivity contribution is -0.118. The summed E-state index contributed by atoms with van der Waals surface area (Å²) in [6.45, 7) is 1.94. The molecule has 0 spiro atoms. The Morgan fingerprint density at radius 3 is 2.58 bits per heavy atom. The predicted molar refractivity (Wildman–Crippen MR) is 73.1 cm³/mol. The third-order valence-electron chi connectivity index (χ3n) is 2.83. The summed E-state index contributed by atoms with van der Waals surface area (Å²) in [4.78, 5) is 11.5.